The van der Waals surface area contributed by atoms with Gasteiger partial charge in [0.15, 0.2) is 0 Å². The molecule has 0 saturated heterocycles. The fraction of sp³-hybridized carbons (Fsp3) is 0. The van der Waals surface area contributed by atoms with Crippen molar-refractivity contribution in [2.45, 2.75) is 0 Å². The predicted molar refractivity (Wildman–Crippen MR) is 67.3 cm³/mol. The van der Waals surface area contributed by atoms with Gasteiger partial charge in [-0.1, -0.05) is 0 Å². The van der Waals surface area contributed by atoms with Crippen LogP contribution >= 0.6 is 0 Å². The first-order chi connectivity index (χ1) is 7.45. The van der Waals surface area contributed by atoms with Crippen molar-refractivity contribution in [2.24, 2.45) is 0 Å². The van der Waals surface area contributed by atoms with Gasteiger partial charge in [0.05, 0.1) is 0 Å². The normalized spacial score (nSPS) is 10.7. The van der Waals surface area contributed by atoms with Gasteiger partial charge in [0, 0.05) is 0 Å². The first-order valence-electron chi connectivity index (χ1n) is 4.88. The van der Waals surface area contributed by atoms with E-state index in [4.69, 9.17) is 0 Å². The van der Waals surface area contributed by atoms with Gasteiger partial charge in [0.1, 0.15) is 0 Å². The average molecular weight is 259 g/mol. The van der Waals surface area contributed by atoms with Crippen molar-refractivity contribution < 1.29 is 0 Å². The Morgan fingerprint density at radius 1 is 0.733 bits per heavy atom. The molecule has 0 saturated carbocycles. The van der Waals surface area contributed by atoms with Crippen LogP contribution in [0.25, 0.3) is 6.08 Å². The number of hydrogen-bond acceptors (Lipinski definition) is 0. The average Bonchev–Trinajstić information content (AvgIpc) is 2.32. The third-order valence-electron chi connectivity index (χ3n) is 2.01. The quantitative estimate of drug-likeness (QED) is 0.743. The Morgan fingerprint density at radius 2 is 1.33 bits per heavy atom. The zero-order valence-corrected chi connectivity index (χ0v) is 10.0. The van der Waals surface area contributed by atoms with E-state index in [2.05, 4.69) is 65.6 Å². The maximum absolute atomic E-state index is 2.26. The molecule has 0 heterocycles. The third-order valence-corrected chi connectivity index (χ3v) is 3.72. The zero-order chi connectivity index (χ0) is 10.3. The summed E-state index contributed by atoms with van der Waals surface area (Å²) in [4.78, 5) is 2.26. The van der Waals surface area contributed by atoms with E-state index in [-0.39, 0.29) is 0 Å². The molecule has 0 aliphatic heterocycles. The van der Waals surface area contributed by atoms with Crippen molar-refractivity contribution in [3.63, 3.8) is 0 Å². The zero-order valence-electron chi connectivity index (χ0n) is 8.34. The van der Waals surface area contributed by atoms with Crippen LogP contribution in [0.3, 0.4) is 0 Å². The fourth-order valence-corrected chi connectivity index (χ4v) is 2.72. The van der Waals surface area contributed by atoms with Crippen molar-refractivity contribution in [3.05, 3.63) is 71.2 Å². The Morgan fingerprint density at radius 3 is 2.00 bits per heavy atom. The summed E-state index contributed by atoms with van der Waals surface area (Å²) in [6.45, 7) is 0. The molecule has 15 heavy (non-hydrogen) atoms. The van der Waals surface area contributed by atoms with E-state index in [1.54, 1.807) is 0 Å². The Balaban J connectivity index is 1.97. The second-order valence-electron chi connectivity index (χ2n) is 3.14. The van der Waals surface area contributed by atoms with Crippen LogP contribution in [0.4, 0.5) is 0 Å². The molecule has 1 heteroatoms. The molecule has 0 spiro atoms. The molecular weight excluding hydrogens is 247 g/mol. The molecule has 0 bridgehead atoms. The molecule has 0 aliphatic rings. The van der Waals surface area contributed by atoms with Crippen molar-refractivity contribution in [1.29, 1.82) is 0 Å². The van der Waals surface area contributed by atoms with Crippen LogP contribution in [0.15, 0.2) is 65.6 Å². The molecule has 0 radical (unpaired) electrons. The minimum absolute atomic E-state index is 0.442. The van der Waals surface area contributed by atoms with Crippen molar-refractivity contribution in [2.75, 3.05) is 0 Å². The molecule has 74 valence electrons. The fourth-order valence-electron chi connectivity index (χ4n) is 1.25. The minimum atomic E-state index is 0.442. The molecule has 0 amide bonds. The third kappa shape index (κ3) is 3.39. The molecule has 2 aromatic carbocycles. The molecule has 0 fully saturated rings. The summed E-state index contributed by atoms with van der Waals surface area (Å²) >= 11 is 0.442. The van der Waals surface area contributed by atoms with Crippen LogP contribution in [0.5, 0.6) is 0 Å². The van der Waals surface area contributed by atoms with E-state index in [1.165, 1.54) is 10.0 Å². The van der Waals surface area contributed by atoms with Crippen molar-refractivity contribution in [3.8, 4) is 0 Å². The first kappa shape index (κ1) is 10.2. The molecule has 0 unspecified atom stereocenters. The second kappa shape index (κ2) is 5.55. The van der Waals surface area contributed by atoms with E-state index < -0.39 is 0 Å². The van der Waals surface area contributed by atoms with Crippen LogP contribution in [-0.2, 0) is 0 Å². The van der Waals surface area contributed by atoms with Gasteiger partial charge in [0.2, 0.25) is 0 Å². The molecular formula is C14H12Se. The van der Waals surface area contributed by atoms with Crippen molar-refractivity contribution >= 4 is 25.5 Å². The van der Waals surface area contributed by atoms with E-state index >= 15 is 0 Å². The van der Waals surface area contributed by atoms with Crippen LogP contribution < -0.4 is 4.46 Å². The molecule has 2 aromatic rings. The predicted octanol–water partition coefficient (Wildman–Crippen LogP) is 2.69. The molecule has 0 aromatic heterocycles. The molecule has 0 nitrogen and oxygen atoms in total. The van der Waals surface area contributed by atoms with Gasteiger partial charge < -0.3 is 0 Å². The summed E-state index contributed by atoms with van der Waals surface area (Å²) in [5, 5.41) is 0. The van der Waals surface area contributed by atoms with E-state index in [0.717, 1.165) is 0 Å². The maximum atomic E-state index is 2.26. The van der Waals surface area contributed by atoms with Gasteiger partial charge in [-0.05, 0) is 0 Å². The van der Waals surface area contributed by atoms with Crippen LogP contribution in [-0.4, -0.2) is 15.0 Å². The second-order valence-corrected chi connectivity index (χ2v) is 5.20. The van der Waals surface area contributed by atoms with Gasteiger partial charge in [-0.15, -0.1) is 0 Å². The van der Waals surface area contributed by atoms with Gasteiger partial charge >= 0.3 is 96.7 Å². The SMILES string of the molecule is C(=C/c1ccccc1)/[Se]c1ccccc1. The van der Waals surface area contributed by atoms with Crippen LogP contribution in [0.2, 0.25) is 0 Å². The summed E-state index contributed by atoms with van der Waals surface area (Å²) in [5.41, 5.74) is 1.27. The molecule has 2 rings (SSSR count). The number of hydrogen-bond donors (Lipinski definition) is 0. The number of rotatable bonds is 3. The van der Waals surface area contributed by atoms with E-state index in [0.29, 0.717) is 15.0 Å². The van der Waals surface area contributed by atoms with E-state index in [9.17, 15) is 0 Å². The summed E-state index contributed by atoms with van der Waals surface area (Å²) in [6, 6.07) is 21.0. The Kier molecular flexibility index (Phi) is 3.78. The summed E-state index contributed by atoms with van der Waals surface area (Å²) in [5.74, 6) is 0. The van der Waals surface area contributed by atoms with Gasteiger partial charge in [-0.25, -0.2) is 0 Å². The first-order valence-corrected chi connectivity index (χ1v) is 6.73. The summed E-state index contributed by atoms with van der Waals surface area (Å²) in [6.07, 6.45) is 2.19. The molecule has 0 N–H and O–H groups in total. The topological polar surface area (TPSA) is 0 Å². The summed E-state index contributed by atoms with van der Waals surface area (Å²) in [7, 11) is 0. The van der Waals surface area contributed by atoms with Crippen LogP contribution in [0, 0.1) is 0 Å². The molecule has 0 atom stereocenters. The van der Waals surface area contributed by atoms with Gasteiger partial charge in [-0.2, -0.15) is 0 Å². The van der Waals surface area contributed by atoms with Crippen LogP contribution in [0.1, 0.15) is 5.56 Å². The monoisotopic (exact) mass is 260 g/mol. The Hall–Kier alpha value is -1.30. The standard InChI is InChI=1S/C14H12Se/c1-3-7-13(8-4-1)11-12-15-14-9-5-2-6-10-14/h1-12H/b12-11-. The Bertz CT molecular complexity index is 418. The van der Waals surface area contributed by atoms with Crippen molar-refractivity contribution in [1.82, 2.24) is 0 Å². The number of benzene rings is 2. The molecule has 0 aliphatic carbocycles. The Labute approximate surface area is 96.8 Å². The van der Waals surface area contributed by atoms with Gasteiger partial charge in [0.25, 0.3) is 0 Å². The van der Waals surface area contributed by atoms with E-state index in [1.807, 2.05) is 6.07 Å². The summed E-state index contributed by atoms with van der Waals surface area (Å²) < 4.78 is 1.41. The van der Waals surface area contributed by atoms with Gasteiger partial charge in [-0.3, -0.25) is 0 Å².